The lowest BCUT2D eigenvalue weighted by molar-refractivity contribution is -0.00516. The molecular weight excluding hydrogens is 300 g/mol. The largest absolute Gasteiger partial charge is 0.465 e. The number of alkyl carbamates (subject to hydrolysis) is 1. The zero-order valence-electron chi connectivity index (χ0n) is 12.7. The van der Waals surface area contributed by atoms with Crippen molar-refractivity contribution in [1.29, 1.82) is 0 Å². The van der Waals surface area contributed by atoms with Crippen molar-refractivity contribution in [3.05, 3.63) is 35.9 Å². The molecule has 2 heterocycles. The number of carboxylic acid groups (broad SMARTS) is 1. The number of rotatable bonds is 3. The average Bonchev–Trinajstić information content (AvgIpc) is 3.15. The van der Waals surface area contributed by atoms with Crippen LogP contribution in [0.2, 0.25) is 0 Å². The third-order valence-corrected chi connectivity index (χ3v) is 4.41. The van der Waals surface area contributed by atoms with Crippen LogP contribution in [-0.2, 0) is 16.1 Å². The minimum atomic E-state index is -0.998. The van der Waals surface area contributed by atoms with E-state index in [9.17, 15) is 14.7 Å². The third-order valence-electron chi connectivity index (χ3n) is 4.41. The van der Waals surface area contributed by atoms with Crippen molar-refractivity contribution in [2.24, 2.45) is 0 Å². The molecule has 7 heteroatoms. The number of amides is 2. The number of hydrogen-bond acceptors (Lipinski definition) is 4. The second-order valence-electron chi connectivity index (χ2n) is 5.94. The van der Waals surface area contributed by atoms with E-state index in [0.717, 1.165) is 18.4 Å². The van der Waals surface area contributed by atoms with Crippen LogP contribution in [0.3, 0.4) is 0 Å². The number of carbonyl (C=O) groups excluding carboxylic acids is 1. The lowest BCUT2D eigenvalue weighted by atomic mass is 9.94. The molecule has 2 aliphatic rings. The number of nitrogens with zero attached hydrogens (tertiary/aromatic N) is 1. The van der Waals surface area contributed by atoms with E-state index < -0.39 is 17.8 Å². The van der Waals surface area contributed by atoms with Crippen molar-refractivity contribution < 1.29 is 24.2 Å². The second-order valence-corrected chi connectivity index (χ2v) is 5.94. The highest BCUT2D eigenvalue weighted by Gasteiger charge is 2.51. The molecule has 0 aliphatic carbocycles. The van der Waals surface area contributed by atoms with E-state index >= 15 is 0 Å². The quantitative estimate of drug-likeness (QED) is 0.887. The zero-order valence-corrected chi connectivity index (χ0v) is 12.7. The molecule has 0 aromatic heterocycles. The fourth-order valence-electron chi connectivity index (χ4n) is 3.23. The van der Waals surface area contributed by atoms with Gasteiger partial charge in [0.2, 0.25) is 0 Å². The Morgan fingerprint density at radius 3 is 2.83 bits per heavy atom. The van der Waals surface area contributed by atoms with E-state index in [0.29, 0.717) is 6.61 Å². The highest BCUT2D eigenvalue weighted by atomic mass is 16.6. The Hall–Kier alpha value is -2.28. The first kappa shape index (κ1) is 15.6. The third kappa shape index (κ3) is 3.39. The molecular formula is C16H20N2O5. The Morgan fingerprint density at radius 1 is 1.39 bits per heavy atom. The molecule has 0 bridgehead atoms. The van der Waals surface area contributed by atoms with Crippen LogP contribution in [0.5, 0.6) is 0 Å². The van der Waals surface area contributed by atoms with Gasteiger partial charge in [0.1, 0.15) is 12.2 Å². The Bertz CT molecular complexity index is 571. The summed E-state index contributed by atoms with van der Waals surface area (Å²) in [7, 11) is 0. The summed E-state index contributed by atoms with van der Waals surface area (Å²) < 4.78 is 11.0. The van der Waals surface area contributed by atoms with Crippen LogP contribution in [0, 0.1) is 0 Å². The lowest BCUT2D eigenvalue weighted by Gasteiger charge is -2.29. The van der Waals surface area contributed by atoms with Gasteiger partial charge < -0.3 is 24.8 Å². The summed E-state index contributed by atoms with van der Waals surface area (Å²) in [6.07, 6.45) is 0.0493. The summed E-state index contributed by atoms with van der Waals surface area (Å²) >= 11 is 0. The van der Waals surface area contributed by atoms with Gasteiger partial charge in [0.15, 0.2) is 0 Å². The van der Waals surface area contributed by atoms with Gasteiger partial charge in [0, 0.05) is 13.2 Å². The maximum atomic E-state index is 12.0. The van der Waals surface area contributed by atoms with E-state index in [2.05, 4.69) is 5.32 Å². The molecule has 2 saturated heterocycles. The normalized spacial score (nSPS) is 26.4. The van der Waals surface area contributed by atoms with Gasteiger partial charge in [-0.05, 0) is 18.4 Å². The Kier molecular flexibility index (Phi) is 4.38. The Morgan fingerprint density at radius 2 is 2.17 bits per heavy atom. The molecule has 2 atom stereocenters. The van der Waals surface area contributed by atoms with E-state index in [1.165, 1.54) is 4.90 Å². The van der Waals surface area contributed by atoms with Crippen LogP contribution in [0.15, 0.2) is 30.3 Å². The number of carbonyl (C=O) groups is 2. The molecule has 23 heavy (non-hydrogen) atoms. The van der Waals surface area contributed by atoms with Crippen molar-refractivity contribution in [3.8, 4) is 0 Å². The van der Waals surface area contributed by atoms with Crippen molar-refractivity contribution >= 4 is 12.2 Å². The van der Waals surface area contributed by atoms with Crippen LogP contribution in [0.25, 0.3) is 0 Å². The van der Waals surface area contributed by atoms with Crippen molar-refractivity contribution in [2.75, 3.05) is 19.7 Å². The molecule has 2 fully saturated rings. The fraction of sp³-hybridized carbons (Fsp3) is 0.500. The van der Waals surface area contributed by atoms with Gasteiger partial charge in [-0.3, -0.25) is 0 Å². The number of nitrogens with one attached hydrogen (secondary N) is 1. The summed E-state index contributed by atoms with van der Waals surface area (Å²) in [4.78, 5) is 24.5. The standard InChI is InChI=1S/C16H20N2O5/c19-14(22-10-12-5-2-1-3-6-12)17-13-9-18(15(20)21)11-16(13)7-4-8-23-16/h1-3,5-6,13H,4,7-11H2,(H,17,19)(H,20,21). The first-order valence-corrected chi connectivity index (χ1v) is 7.68. The van der Waals surface area contributed by atoms with Crippen LogP contribution < -0.4 is 5.32 Å². The van der Waals surface area contributed by atoms with E-state index in [1.54, 1.807) is 0 Å². The summed E-state index contributed by atoms with van der Waals surface area (Å²) in [5, 5.41) is 12.0. The maximum Gasteiger partial charge on any atom is 0.407 e. The predicted octanol–water partition coefficient (Wildman–Crippen LogP) is 1.82. The van der Waals surface area contributed by atoms with E-state index in [4.69, 9.17) is 9.47 Å². The summed E-state index contributed by atoms with van der Waals surface area (Å²) in [5.74, 6) is 0. The van der Waals surface area contributed by atoms with E-state index in [-0.39, 0.29) is 25.7 Å². The fourth-order valence-corrected chi connectivity index (χ4v) is 3.23. The summed E-state index contributed by atoms with van der Waals surface area (Å²) in [6, 6.07) is 9.00. The molecule has 7 nitrogen and oxygen atoms in total. The van der Waals surface area contributed by atoms with Gasteiger partial charge in [0.05, 0.1) is 12.6 Å². The van der Waals surface area contributed by atoms with E-state index in [1.807, 2.05) is 30.3 Å². The molecule has 2 N–H and O–H groups in total. The molecule has 1 aromatic carbocycles. The van der Waals surface area contributed by atoms with Gasteiger partial charge >= 0.3 is 12.2 Å². The summed E-state index contributed by atoms with van der Waals surface area (Å²) in [5.41, 5.74) is 0.275. The maximum absolute atomic E-state index is 12.0. The van der Waals surface area contributed by atoms with Crippen LogP contribution in [0.4, 0.5) is 9.59 Å². The predicted molar refractivity (Wildman–Crippen MR) is 81.1 cm³/mol. The highest BCUT2D eigenvalue weighted by Crippen LogP contribution is 2.35. The van der Waals surface area contributed by atoms with Crippen molar-refractivity contribution in [3.63, 3.8) is 0 Å². The van der Waals surface area contributed by atoms with Crippen molar-refractivity contribution in [1.82, 2.24) is 10.2 Å². The van der Waals surface area contributed by atoms with Crippen molar-refractivity contribution in [2.45, 2.75) is 31.1 Å². The number of benzene rings is 1. The minimum Gasteiger partial charge on any atom is -0.465 e. The SMILES string of the molecule is O=C(NC1CN(C(=O)O)CC12CCCO2)OCc1ccccc1. The first-order chi connectivity index (χ1) is 11.1. The van der Waals surface area contributed by atoms with Gasteiger partial charge in [-0.2, -0.15) is 0 Å². The van der Waals surface area contributed by atoms with Gasteiger partial charge in [-0.1, -0.05) is 30.3 Å². The van der Waals surface area contributed by atoms with Gasteiger partial charge in [0.25, 0.3) is 0 Å². The first-order valence-electron chi connectivity index (χ1n) is 7.68. The zero-order chi connectivity index (χ0) is 16.3. The monoisotopic (exact) mass is 320 g/mol. The number of ether oxygens (including phenoxy) is 2. The molecule has 0 radical (unpaired) electrons. The topological polar surface area (TPSA) is 88.1 Å². The molecule has 3 rings (SSSR count). The molecule has 1 aromatic rings. The Balaban J connectivity index is 1.59. The number of hydrogen-bond donors (Lipinski definition) is 2. The smallest absolute Gasteiger partial charge is 0.407 e. The average molecular weight is 320 g/mol. The second kappa shape index (κ2) is 6.45. The molecule has 2 aliphatic heterocycles. The molecule has 2 amide bonds. The highest BCUT2D eigenvalue weighted by molar-refractivity contribution is 5.69. The van der Waals surface area contributed by atoms with Gasteiger partial charge in [-0.15, -0.1) is 0 Å². The molecule has 1 spiro atoms. The molecule has 124 valence electrons. The van der Waals surface area contributed by atoms with Crippen LogP contribution in [0.1, 0.15) is 18.4 Å². The van der Waals surface area contributed by atoms with Gasteiger partial charge in [-0.25, -0.2) is 9.59 Å². The Labute approximate surface area is 134 Å². The van der Waals surface area contributed by atoms with Crippen LogP contribution in [-0.4, -0.2) is 53.5 Å². The number of likely N-dealkylation sites (tertiary alicyclic amines) is 1. The summed E-state index contributed by atoms with van der Waals surface area (Å²) in [6.45, 7) is 1.27. The lowest BCUT2D eigenvalue weighted by Crippen LogP contribution is -2.51. The molecule has 0 saturated carbocycles. The minimum absolute atomic E-state index is 0.176. The molecule has 2 unspecified atom stereocenters. The van der Waals surface area contributed by atoms with Crippen LogP contribution >= 0.6 is 0 Å².